The first-order valence-electron chi connectivity index (χ1n) is 19.7. The van der Waals surface area contributed by atoms with Gasteiger partial charge in [0.05, 0.1) is 38.6 Å². The van der Waals surface area contributed by atoms with Crippen LogP contribution in [0.25, 0.3) is 0 Å². The fourth-order valence-corrected chi connectivity index (χ4v) is 7.98. The van der Waals surface area contributed by atoms with Crippen molar-refractivity contribution in [2.45, 2.75) is 184 Å². The third kappa shape index (κ3) is 11.3. The Morgan fingerprint density at radius 2 is 0.811 bits per heavy atom. The Bertz CT molecular complexity index is 1070. The van der Waals surface area contributed by atoms with Crippen LogP contribution in [-0.4, -0.2) is 160 Å². The molecule has 0 saturated carbocycles. The molecule has 6 aliphatic rings. The molecule has 6 aliphatic heterocycles. The quantitative estimate of drug-likeness (QED) is 0.132. The number of rotatable bonds is 20. The zero-order chi connectivity index (χ0) is 38.0. The van der Waals surface area contributed by atoms with Gasteiger partial charge in [-0.2, -0.15) is 0 Å². The molecule has 4 unspecified atom stereocenters. The Balaban J connectivity index is 0.745. The van der Waals surface area contributed by atoms with Crippen LogP contribution in [0.2, 0.25) is 0 Å². The Hall–Kier alpha value is -0.640. The van der Waals surface area contributed by atoms with E-state index >= 15 is 0 Å². The lowest BCUT2D eigenvalue weighted by molar-refractivity contribution is -0.244. The predicted octanol–water partition coefficient (Wildman–Crippen LogP) is 1.66. The zero-order valence-corrected chi connectivity index (χ0v) is 32.9. The summed E-state index contributed by atoms with van der Waals surface area (Å²) in [5.41, 5.74) is 0. The maximum atomic E-state index is 10.4. The maximum Gasteiger partial charge on any atom is 0.190 e. The molecule has 6 rings (SSSR count). The number of unbranched alkanes of at least 4 members (excludes halogenated alkanes) is 4. The lowest BCUT2D eigenvalue weighted by atomic mass is 9.99. The van der Waals surface area contributed by atoms with Gasteiger partial charge in [-0.15, -0.1) is 0 Å². The first-order chi connectivity index (χ1) is 25.0. The molecule has 0 aliphatic carbocycles. The average Bonchev–Trinajstić information content (AvgIpc) is 3.76. The molecule has 6 saturated heterocycles. The highest BCUT2D eigenvalue weighted by molar-refractivity contribution is 5.01. The van der Waals surface area contributed by atoms with E-state index in [0.717, 1.165) is 45.2 Å². The molecule has 0 spiro atoms. The van der Waals surface area contributed by atoms with Crippen LogP contribution in [-0.2, 0) is 56.8 Å². The fourth-order valence-electron chi connectivity index (χ4n) is 7.98. The summed E-state index contributed by atoms with van der Waals surface area (Å²) in [6.07, 6.45) is 0.105. The minimum absolute atomic E-state index is 0.183. The summed E-state index contributed by atoms with van der Waals surface area (Å²) in [4.78, 5) is 0. The van der Waals surface area contributed by atoms with Gasteiger partial charge >= 0.3 is 0 Å². The molecular weight excluding hydrogens is 696 g/mol. The lowest BCUT2D eigenvalue weighted by Gasteiger charge is -2.37. The van der Waals surface area contributed by atoms with Gasteiger partial charge in [-0.05, 0) is 81.3 Å². The van der Waals surface area contributed by atoms with E-state index in [1.54, 1.807) is 0 Å². The van der Waals surface area contributed by atoms with Crippen molar-refractivity contribution in [2.75, 3.05) is 52.6 Å². The van der Waals surface area contributed by atoms with Crippen molar-refractivity contribution in [3.8, 4) is 0 Å². The van der Waals surface area contributed by atoms with Crippen LogP contribution < -0.4 is 10.6 Å². The SMILES string of the molecule is CC1(C)O[C@H]2OC(COCC(O)CNCCCCCCCNCC(O)COCC3O[C@@H]4OC(C)(C)O[C@@H]4[C@H]4OC(C)(C)O[C@@H]34)[C@@H]3OC(C)(C)O[C@@H]3[C@H]2O1. The van der Waals surface area contributed by atoms with E-state index in [9.17, 15) is 10.2 Å². The summed E-state index contributed by atoms with van der Waals surface area (Å²) in [5.74, 6) is -3.06. The molecule has 4 N–H and O–H groups in total. The van der Waals surface area contributed by atoms with Gasteiger partial charge in [0, 0.05) is 13.1 Å². The highest BCUT2D eigenvalue weighted by Gasteiger charge is 2.62. The first-order valence-corrected chi connectivity index (χ1v) is 19.7. The van der Waals surface area contributed by atoms with Crippen LogP contribution in [0.15, 0.2) is 0 Å². The van der Waals surface area contributed by atoms with Gasteiger partial charge in [-0.3, -0.25) is 0 Å². The Labute approximate surface area is 314 Å². The van der Waals surface area contributed by atoms with E-state index in [1.807, 2.05) is 55.4 Å². The second kappa shape index (κ2) is 17.5. The number of aliphatic hydroxyl groups is 2. The summed E-state index contributed by atoms with van der Waals surface area (Å²) >= 11 is 0. The topological polar surface area (TPSA) is 175 Å². The Morgan fingerprint density at radius 3 is 1.23 bits per heavy atom. The fraction of sp³-hybridized carbons (Fsp3) is 1.00. The van der Waals surface area contributed by atoms with Crippen molar-refractivity contribution < 1.29 is 67.1 Å². The molecule has 0 aromatic rings. The zero-order valence-electron chi connectivity index (χ0n) is 32.9. The Kier molecular flexibility index (Phi) is 13.8. The third-order valence-corrected chi connectivity index (χ3v) is 10.2. The highest BCUT2D eigenvalue weighted by atomic mass is 16.9. The monoisotopic (exact) mass is 762 g/mol. The minimum Gasteiger partial charge on any atom is -0.389 e. The van der Waals surface area contributed by atoms with Gasteiger partial charge in [-0.1, -0.05) is 19.3 Å². The van der Waals surface area contributed by atoms with E-state index in [-0.39, 0.29) is 63.1 Å². The van der Waals surface area contributed by atoms with Crippen molar-refractivity contribution in [1.82, 2.24) is 10.6 Å². The summed E-state index contributed by atoms with van der Waals surface area (Å²) in [6.45, 7) is 18.4. The van der Waals surface area contributed by atoms with E-state index in [0.29, 0.717) is 13.1 Å². The second-order valence-corrected chi connectivity index (χ2v) is 17.0. The summed E-state index contributed by atoms with van der Waals surface area (Å²) < 4.78 is 72.6. The molecule has 0 radical (unpaired) electrons. The van der Waals surface area contributed by atoms with E-state index in [2.05, 4.69) is 10.6 Å². The van der Waals surface area contributed by atoms with Gasteiger partial charge in [0.15, 0.2) is 35.7 Å². The molecular formula is C37H66N2O14. The molecule has 12 atom stereocenters. The van der Waals surface area contributed by atoms with Crippen molar-refractivity contribution in [3.63, 3.8) is 0 Å². The molecule has 16 heteroatoms. The molecule has 0 amide bonds. The highest BCUT2D eigenvalue weighted by Crippen LogP contribution is 2.45. The molecule has 308 valence electrons. The molecule has 0 aromatic carbocycles. The van der Waals surface area contributed by atoms with Crippen LogP contribution in [0.3, 0.4) is 0 Å². The number of nitrogens with one attached hydrogen (secondary N) is 2. The van der Waals surface area contributed by atoms with Gasteiger partial charge in [0.2, 0.25) is 0 Å². The molecule has 6 heterocycles. The van der Waals surface area contributed by atoms with Crippen molar-refractivity contribution >= 4 is 0 Å². The van der Waals surface area contributed by atoms with Gasteiger partial charge < -0.3 is 77.7 Å². The lowest BCUT2D eigenvalue weighted by Crippen LogP contribution is -2.56. The van der Waals surface area contributed by atoms with Crippen molar-refractivity contribution in [1.29, 1.82) is 0 Å². The van der Waals surface area contributed by atoms with Crippen molar-refractivity contribution in [2.24, 2.45) is 0 Å². The van der Waals surface area contributed by atoms with E-state index in [1.165, 1.54) is 0 Å². The van der Waals surface area contributed by atoms with Crippen LogP contribution in [0.5, 0.6) is 0 Å². The van der Waals surface area contributed by atoms with Gasteiger partial charge in [0.25, 0.3) is 0 Å². The number of hydrogen-bond donors (Lipinski definition) is 4. The largest absolute Gasteiger partial charge is 0.389 e. The smallest absolute Gasteiger partial charge is 0.190 e. The third-order valence-electron chi connectivity index (χ3n) is 10.2. The summed E-state index contributed by atoms with van der Waals surface area (Å²) in [6, 6.07) is 0. The van der Waals surface area contributed by atoms with E-state index in [4.69, 9.17) is 56.8 Å². The van der Waals surface area contributed by atoms with Crippen molar-refractivity contribution in [3.05, 3.63) is 0 Å². The number of ether oxygens (including phenoxy) is 12. The summed E-state index contributed by atoms with van der Waals surface area (Å²) in [7, 11) is 0. The number of hydrogen-bond acceptors (Lipinski definition) is 16. The van der Waals surface area contributed by atoms with Crippen LogP contribution >= 0.6 is 0 Å². The second-order valence-electron chi connectivity index (χ2n) is 17.0. The summed E-state index contributed by atoms with van der Waals surface area (Å²) in [5, 5.41) is 27.5. The Morgan fingerprint density at radius 1 is 0.472 bits per heavy atom. The molecule has 16 nitrogen and oxygen atoms in total. The molecule has 53 heavy (non-hydrogen) atoms. The maximum absolute atomic E-state index is 10.4. The minimum atomic E-state index is -0.769. The van der Waals surface area contributed by atoms with Crippen LogP contribution in [0.4, 0.5) is 0 Å². The van der Waals surface area contributed by atoms with E-state index < -0.39 is 60.1 Å². The van der Waals surface area contributed by atoms with Crippen LogP contribution in [0.1, 0.15) is 87.5 Å². The first kappa shape index (κ1) is 42.0. The molecule has 6 fully saturated rings. The van der Waals surface area contributed by atoms with Gasteiger partial charge in [-0.25, -0.2) is 0 Å². The predicted molar refractivity (Wildman–Crippen MR) is 188 cm³/mol. The molecule has 0 bridgehead atoms. The normalized spacial score (nSPS) is 38.6. The van der Waals surface area contributed by atoms with Crippen LogP contribution in [0, 0.1) is 0 Å². The average molecular weight is 763 g/mol. The van der Waals surface area contributed by atoms with Gasteiger partial charge in [0.1, 0.15) is 48.8 Å². The number of fused-ring (bicyclic) bond motifs is 6. The molecule has 0 aromatic heterocycles. The number of aliphatic hydroxyl groups excluding tert-OH is 2. The standard InChI is InChI=1S/C37H66N2O14/c1-34(2)46-26-24(44-32-30(28(26)48-34)50-36(5,6)52-32)20-42-18-22(40)16-38-14-12-10-9-11-13-15-39-17-23(41)19-43-21-25-27-29(49-35(3,4)47-27)31-33(45-25)53-37(7,8)51-31/h22-33,38-41H,9-21H2,1-8H3/t22?,23?,24?,25?,26-,27-,28-,29-,30+,31+,32+,33+/m0/s1.